The Balaban J connectivity index is 2.28. The molecule has 2 aromatic rings. The molecule has 0 amide bonds. The van der Waals surface area contributed by atoms with Gasteiger partial charge < -0.3 is 4.74 Å². The van der Waals surface area contributed by atoms with Gasteiger partial charge in [0.25, 0.3) is 5.88 Å². The summed E-state index contributed by atoms with van der Waals surface area (Å²) in [4.78, 5) is 7.88. The van der Waals surface area contributed by atoms with Crippen molar-refractivity contribution in [2.75, 3.05) is 0 Å². The molecule has 16 heavy (non-hydrogen) atoms. The van der Waals surface area contributed by atoms with E-state index in [-0.39, 0.29) is 5.15 Å². The Hall–Kier alpha value is -1.13. The predicted octanol–water partition coefficient (Wildman–Crippen LogP) is 3.99. The average molecular weight is 300 g/mol. The number of halogens is 2. The molecular formula is C11H8BrClN2O. The molecule has 1 heterocycles. The zero-order valence-electron chi connectivity index (χ0n) is 8.45. The minimum Gasteiger partial charge on any atom is -0.436 e. The van der Waals surface area contributed by atoms with Crippen LogP contribution in [0, 0.1) is 6.92 Å². The first-order chi connectivity index (χ1) is 7.66. The van der Waals surface area contributed by atoms with Crippen molar-refractivity contribution in [3.05, 3.63) is 45.8 Å². The number of aryl methyl sites for hydroxylation is 1. The van der Waals surface area contributed by atoms with Crippen molar-refractivity contribution in [1.82, 2.24) is 9.97 Å². The Kier molecular flexibility index (Phi) is 3.41. The minimum absolute atomic E-state index is 0.253. The van der Waals surface area contributed by atoms with E-state index in [1.807, 2.05) is 25.1 Å². The van der Waals surface area contributed by atoms with Gasteiger partial charge in [-0.25, -0.2) is 9.97 Å². The highest BCUT2D eigenvalue weighted by Gasteiger charge is 2.05. The van der Waals surface area contributed by atoms with Crippen LogP contribution in [-0.2, 0) is 0 Å². The summed E-state index contributed by atoms with van der Waals surface area (Å²) in [6.45, 7) is 1.98. The molecular weight excluding hydrogens is 291 g/mol. The molecule has 1 aromatic heterocycles. The molecule has 0 aliphatic carbocycles. The highest BCUT2D eigenvalue weighted by molar-refractivity contribution is 9.10. The summed E-state index contributed by atoms with van der Waals surface area (Å²) < 4.78 is 6.55. The van der Waals surface area contributed by atoms with Crippen LogP contribution in [0.15, 0.2) is 35.1 Å². The molecule has 0 aliphatic rings. The van der Waals surface area contributed by atoms with Crippen LogP contribution in [0.3, 0.4) is 0 Å². The van der Waals surface area contributed by atoms with E-state index < -0.39 is 0 Å². The second kappa shape index (κ2) is 4.80. The molecule has 0 N–H and O–H groups in total. The quantitative estimate of drug-likeness (QED) is 0.841. The van der Waals surface area contributed by atoms with E-state index >= 15 is 0 Å². The first-order valence-corrected chi connectivity index (χ1v) is 5.74. The Morgan fingerprint density at radius 1 is 1.25 bits per heavy atom. The van der Waals surface area contributed by atoms with Crippen LogP contribution in [0.4, 0.5) is 0 Å². The third-order valence-corrected chi connectivity index (χ3v) is 3.12. The number of ether oxygens (including phenoxy) is 1. The Morgan fingerprint density at radius 3 is 2.69 bits per heavy atom. The van der Waals surface area contributed by atoms with Crippen LogP contribution in [-0.4, -0.2) is 9.97 Å². The first-order valence-electron chi connectivity index (χ1n) is 4.57. The van der Waals surface area contributed by atoms with Crippen LogP contribution in [0.5, 0.6) is 11.6 Å². The molecule has 0 atom stereocenters. The second-order valence-corrected chi connectivity index (χ2v) is 4.38. The lowest BCUT2D eigenvalue weighted by molar-refractivity contribution is 0.460. The molecule has 5 heteroatoms. The molecule has 2 rings (SSSR count). The highest BCUT2D eigenvalue weighted by atomic mass is 79.9. The van der Waals surface area contributed by atoms with E-state index in [1.165, 1.54) is 12.4 Å². The molecule has 0 saturated carbocycles. The van der Waals surface area contributed by atoms with Gasteiger partial charge in [0, 0.05) is 16.9 Å². The number of rotatable bonds is 2. The molecule has 3 nitrogen and oxygen atoms in total. The average Bonchev–Trinajstić information content (AvgIpc) is 2.27. The zero-order chi connectivity index (χ0) is 11.5. The number of hydrogen-bond acceptors (Lipinski definition) is 3. The summed E-state index contributed by atoms with van der Waals surface area (Å²) in [6.07, 6.45) is 3.05. The fraction of sp³-hybridized carbons (Fsp3) is 0.0909. The maximum absolute atomic E-state index is 5.84. The largest absolute Gasteiger partial charge is 0.436 e. The fourth-order valence-corrected chi connectivity index (χ4v) is 1.56. The lowest BCUT2D eigenvalue weighted by Crippen LogP contribution is -1.90. The van der Waals surface area contributed by atoms with Crippen LogP contribution >= 0.6 is 27.5 Å². The van der Waals surface area contributed by atoms with Gasteiger partial charge in [0.1, 0.15) is 5.75 Å². The van der Waals surface area contributed by atoms with Crippen molar-refractivity contribution in [2.24, 2.45) is 0 Å². The molecule has 82 valence electrons. The normalized spacial score (nSPS) is 10.2. The summed E-state index contributed by atoms with van der Waals surface area (Å²) in [6, 6.07) is 5.64. The minimum atomic E-state index is 0.253. The van der Waals surface area contributed by atoms with Gasteiger partial charge in [-0.2, -0.15) is 0 Å². The van der Waals surface area contributed by atoms with E-state index in [9.17, 15) is 0 Å². The summed E-state index contributed by atoms with van der Waals surface area (Å²) >= 11 is 9.26. The van der Waals surface area contributed by atoms with Gasteiger partial charge in [-0.1, -0.05) is 27.5 Å². The van der Waals surface area contributed by atoms with Gasteiger partial charge in [0.05, 0.1) is 0 Å². The summed E-state index contributed by atoms with van der Waals surface area (Å²) in [7, 11) is 0. The van der Waals surface area contributed by atoms with E-state index in [0.29, 0.717) is 11.6 Å². The molecule has 0 radical (unpaired) electrons. The third-order valence-electron chi connectivity index (χ3n) is 1.97. The van der Waals surface area contributed by atoms with Gasteiger partial charge in [-0.05, 0) is 30.7 Å². The van der Waals surface area contributed by atoms with Gasteiger partial charge >= 0.3 is 0 Å². The predicted molar refractivity (Wildman–Crippen MR) is 66.0 cm³/mol. The van der Waals surface area contributed by atoms with Crippen molar-refractivity contribution in [3.8, 4) is 11.6 Å². The lowest BCUT2D eigenvalue weighted by atomic mass is 10.2. The second-order valence-electron chi connectivity index (χ2n) is 3.17. The van der Waals surface area contributed by atoms with Crippen LogP contribution < -0.4 is 4.74 Å². The molecule has 0 fully saturated rings. The molecule has 0 saturated heterocycles. The van der Waals surface area contributed by atoms with E-state index in [2.05, 4.69) is 25.9 Å². The Labute approximate surface area is 107 Å². The Bertz CT molecular complexity index is 519. The zero-order valence-corrected chi connectivity index (χ0v) is 10.8. The van der Waals surface area contributed by atoms with Crippen LogP contribution in [0.25, 0.3) is 0 Å². The molecule has 0 spiro atoms. The van der Waals surface area contributed by atoms with Gasteiger partial charge in [-0.3, -0.25) is 0 Å². The molecule has 0 aliphatic heterocycles. The molecule has 1 aromatic carbocycles. The topological polar surface area (TPSA) is 35.0 Å². The van der Waals surface area contributed by atoms with Crippen molar-refractivity contribution < 1.29 is 4.74 Å². The highest BCUT2D eigenvalue weighted by Crippen LogP contribution is 2.27. The summed E-state index contributed by atoms with van der Waals surface area (Å²) in [5, 5.41) is 0.253. The number of nitrogens with zero attached hydrogens (tertiary/aromatic N) is 2. The van der Waals surface area contributed by atoms with Gasteiger partial charge in [0.2, 0.25) is 0 Å². The van der Waals surface area contributed by atoms with Crippen molar-refractivity contribution in [3.63, 3.8) is 0 Å². The standard InChI is InChI=1S/C11H8BrClN2O/c1-7-6-8(2-3-9(7)12)16-11-10(13)14-4-5-15-11/h2-6H,1H3. The molecule has 0 unspecified atom stereocenters. The SMILES string of the molecule is Cc1cc(Oc2nccnc2Cl)ccc1Br. The van der Waals surface area contributed by atoms with Crippen molar-refractivity contribution in [1.29, 1.82) is 0 Å². The van der Waals surface area contributed by atoms with E-state index in [1.54, 1.807) is 0 Å². The van der Waals surface area contributed by atoms with Crippen LogP contribution in [0.1, 0.15) is 5.56 Å². The van der Waals surface area contributed by atoms with Gasteiger partial charge in [-0.15, -0.1) is 0 Å². The first kappa shape index (κ1) is 11.4. The maximum Gasteiger partial charge on any atom is 0.257 e. The number of benzene rings is 1. The van der Waals surface area contributed by atoms with Crippen molar-refractivity contribution in [2.45, 2.75) is 6.92 Å². The lowest BCUT2D eigenvalue weighted by Gasteiger charge is -2.06. The summed E-state index contributed by atoms with van der Waals surface area (Å²) in [5.74, 6) is 0.994. The number of hydrogen-bond donors (Lipinski definition) is 0. The maximum atomic E-state index is 5.84. The van der Waals surface area contributed by atoms with Crippen molar-refractivity contribution >= 4 is 27.5 Å². The smallest absolute Gasteiger partial charge is 0.257 e. The number of aromatic nitrogens is 2. The molecule has 0 bridgehead atoms. The third kappa shape index (κ3) is 2.51. The summed E-state index contributed by atoms with van der Waals surface area (Å²) in [5.41, 5.74) is 1.08. The fourth-order valence-electron chi connectivity index (χ4n) is 1.17. The Morgan fingerprint density at radius 2 is 2.00 bits per heavy atom. The van der Waals surface area contributed by atoms with Gasteiger partial charge in [0.15, 0.2) is 5.15 Å². The van der Waals surface area contributed by atoms with E-state index in [0.717, 1.165) is 10.0 Å². The van der Waals surface area contributed by atoms with Crippen LogP contribution in [0.2, 0.25) is 5.15 Å². The monoisotopic (exact) mass is 298 g/mol. The van der Waals surface area contributed by atoms with E-state index in [4.69, 9.17) is 16.3 Å².